The van der Waals surface area contributed by atoms with Gasteiger partial charge in [-0.3, -0.25) is 0 Å². The van der Waals surface area contributed by atoms with Crippen molar-refractivity contribution < 1.29 is 14.6 Å². The van der Waals surface area contributed by atoms with Crippen molar-refractivity contribution in [1.29, 1.82) is 0 Å². The Labute approximate surface area is 130 Å². The molecule has 0 amide bonds. The molecule has 2 N–H and O–H groups in total. The third kappa shape index (κ3) is 4.69. The SMILES string of the molecule is C[C@@H](N[C@H](CO)COC(=O)c1ccccc1)c1ccccc1. The monoisotopic (exact) mass is 299 g/mol. The molecule has 0 aliphatic heterocycles. The van der Waals surface area contributed by atoms with E-state index in [-0.39, 0.29) is 31.3 Å². The number of aliphatic hydroxyl groups is 1. The molecule has 0 bridgehead atoms. The maximum absolute atomic E-state index is 11.9. The van der Waals surface area contributed by atoms with E-state index >= 15 is 0 Å². The molecule has 0 heterocycles. The number of carbonyl (C=O) groups excluding carboxylic acids is 1. The van der Waals surface area contributed by atoms with Crippen molar-refractivity contribution in [2.45, 2.75) is 19.0 Å². The quantitative estimate of drug-likeness (QED) is 0.771. The summed E-state index contributed by atoms with van der Waals surface area (Å²) in [5, 5.41) is 12.7. The number of nitrogens with one attached hydrogen (secondary N) is 1. The molecule has 4 heteroatoms. The van der Waals surface area contributed by atoms with Crippen LogP contribution in [-0.4, -0.2) is 30.3 Å². The minimum absolute atomic E-state index is 0.0637. The number of benzene rings is 2. The van der Waals surface area contributed by atoms with E-state index in [4.69, 9.17) is 4.74 Å². The molecule has 0 radical (unpaired) electrons. The maximum Gasteiger partial charge on any atom is 0.338 e. The van der Waals surface area contributed by atoms with E-state index in [1.165, 1.54) is 0 Å². The molecule has 4 nitrogen and oxygen atoms in total. The van der Waals surface area contributed by atoms with Crippen molar-refractivity contribution in [3.05, 3.63) is 71.8 Å². The van der Waals surface area contributed by atoms with Crippen LogP contribution >= 0.6 is 0 Å². The largest absolute Gasteiger partial charge is 0.460 e. The van der Waals surface area contributed by atoms with Crippen LogP contribution in [0.4, 0.5) is 0 Å². The highest BCUT2D eigenvalue weighted by Gasteiger charge is 2.15. The van der Waals surface area contributed by atoms with Crippen molar-refractivity contribution in [2.75, 3.05) is 13.2 Å². The van der Waals surface area contributed by atoms with Crippen LogP contribution < -0.4 is 5.32 Å². The fourth-order valence-electron chi connectivity index (χ4n) is 2.18. The van der Waals surface area contributed by atoms with Gasteiger partial charge in [-0.05, 0) is 24.6 Å². The molecule has 0 fully saturated rings. The Hall–Kier alpha value is -2.17. The molecule has 2 rings (SSSR count). The van der Waals surface area contributed by atoms with E-state index in [0.29, 0.717) is 5.56 Å². The first-order chi connectivity index (χ1) is 10.7. The first-order valence-corrected chi connectivity index (χ1v) is 7.34. The van der Waals surface area contributed by atoms with Crippen LogP contribution in [0.1, 0.15) is 28.9 Å². The molecule has 2 aromatic carbocycles. The third-order valence-electron chi connectivity index (χ3n) is 3.43. The topological polar surface area (TPSA) is 58.6 Å². The predicted molar refractivity (Wildman–Crippen MR) is 85.6 cm³/mol. The third-order valence-corrected chi connectivity index (χ3v) is 3.43. The molecule has 0 saturated carbocycles. The molecule has 22 heavy (non-hydrogen) atoms. The fraction of sp³-hybridized carbons (Fsp3) is 0.278. The Kier molecular flexibility index (Phi) is 6.13. The summed E-state index contributed by atoms with van der Waals surface area (Å²) >= 11 is 0. The molecule has 2 atom stereocenters. The van der Waals surface area contributed by atoms with E-state index in [0.717, 1.165) is 5.56 Å². The number of hydrogen-bond donors (Lipinski definition) is 2. The van der Waals surface area contributed by atoms with Gasteiger partial charge in [-0.1, -0.05) is 48.5 Å². The molecule has 0 aliphatic carbocycles. The second kappa shape index (κ2) is 8.32. The standard InChI is InChI=1S/C18H21NO3/c1-14(15-8-4-2-5-9-15)19-17(12-20)13-22-18(21)16-10-6-3-7-11-16/h2-11,14,17,19-20H,12-13H2,1H3/t14-,17-/m1/s1. The zero-order chi connectivity index (χ0) is 15.8. The zero-order valence-electron chi connectivity index (χ0n) is 12.6. The van der Waals surface area contributed by atoms with Gasteiger partial charge in [-0.15, -0.1) is 0 Å². The average molecular weight is 299 g/mol. The lowest BCUT2D eigenvalue weighted by Gasteiger charge is -2.22. The Morgan fingerprint density at radius 2 is 1.68 bits per heavy atom. The summed E-state index contributed by atoms with van der Waals surface area (Å²) in [4.78, 5) is 11.9. The molecule has 0 unspecified atom stereocenters. The van der Waals surface area contributed by atoms with E-state index in [1.54, 1.807) is 24.3 Å². The van der Waals surface area contributed by atoms with Crippen LogP contribution in [0.3, 0.4) is 0 Å². The lowest BCUT2D eigenvalue weighted by molar-refractivity contribution is 0.0421. The first kappa shape index (κ1) is 16.2. The molecule has 116 valence electrons. The molecule has 2 aromatic rings. The smallest absolute Gasteiger partial charge is 0.338 e. The van der Waals surface area contributed by atoms with Crippen LogP contribution in [0.2, 0.25) is 0 Å². The van der Waals surface area contributed by atoms with Gasteiger partial charge in [0.25, 0.3) is 0 Å². The molecule has 0 saturated heterocycles. The van der Waals surface area contributed by atoms with Crippen molar-refractivity contribution in [2.24, 2.45) is 0 Å². The summed E-state index contributed by atoms with van der Waals surface area (Å²) in [5.74, 6) is -0.381. The summed E-state index contributed by atoms with van der Waals surface area (Å²) in [6, 6.07) is 18.5. The zero-order valence-corrected chi connectivity index (χ0v) is 12.6. The molecular formula is C18H21NO3. The average Bonchev–Trinajstić information content (AvgIpc) is 2.59. The van der Waals surface area contributed by atoms with Gasteiger partial charge >= 0.3 is 5.97 Å². The Morgan fingerprint density at radius 1 is 1.09 bits per heavy atom. The molecule has 0 aromatic heterocycles. The summed E-state index contributed by atoms with van der Waals surface area (Å²) in [6.45, 7) is 2.04. The number of esters is 1. The lowest BCUT2D eigenvalue weighted by atomic mass is 10.1. The van der Waals surface area contributed by atoms with Crippen LogP contribution in [0.5, 0.6) is 0 Å². The Bertz CT molecular complexity index is 571. The van der Waals surface area contributed by atoms with Crippen molar-refractivity contribution >= 4 is 5.97 Å². The Balaban J connectivity index is 1.86. The van der Waals surface area contributed by atoms with E-state index in [9.17, 15) is 9.90 Å². The number of rotatable bonds is 7. The van der Waals surface area contributed by atoms with E-state index in [2.05, 4.69) is 5.32 Å². The predicted octanol–water partition coefficient (Wildman–Crippen LogP) is 2.56. The van der Waals surface area contributed by atoms with Gasteiger partial charge in [0.05, 0.1) is 18.2 Å². The van der Waals surface area contributed by atoms with Gasteiger partial charge in [0.2, 0.25) is 0 Å². The van der Waals surface area contributed by atoms with Crippen molar-refractivity contribution in [3.8, 4) is 0 Å². The van der Waals surface area contributed by atoms with Gasteiger partial charge < -0.3 is 15.2 Å². The summed E-state index contributed by atoms with van der Waals surface area (Å²) in [5.41, 5.74) is 1.63. The number of aliphatic hydroxyl groups excluding tert-OH is 1. The first-order valence-electron chi connectivity index (χ1n) is 7.34. The minimum Gasteiger partial charge on any atom is -0.460 e. The summed E-state index contributed by atoms with van der Waals surface area (Å²) in [6.07, 6.45) is 0. The number of carbonyl (C=O) groups is 1. The van der Waals surface area contributed by atoms with Gasteiger partial charge in [0.15, 0.2) is 0 Å². The molecule has 0 spiro atoms. The van der Waals surface area contributed by atoms with Crippen LogP contribution in [0.25, 0.3) is 0 Å². The van der Waals surface area contributed by atoms with Gasteiger partial charge in [-0.2, -0.15) is 0 Å². The van der Waals surface area contributed by atoms with Crippen LogP contribution in [0.15, 0.2) is 60.7 Å². The van der Waals surface area contributed by atoms with E-state index in [1.807, 2.05) is 43.3 Å². The second-order valence-electron chi connectivity index (χ2n) is 5.14. The van der Waals surface area contributed by atoms with Crippen LogP contribution in [-0.2, 0) is 4.74 Å². The normalized spacial score (nSPS) is 13.4. The highest BCUT2D eigenvalue weighted by atomic mass is 16.5. The van der Waals surface area contributed by atoms with Gasteiger partial charge in [0.1, 0.15) is 6.61 Å². The highest BCUT2D eigenvalue weighted by Crippen LogP contribution is 2.12. The molecular weight excluding hydrogens is 278 g/mol. The minimum atomic E-state index is -0.381. The van der Waals surface area contributed by atoms with E-state index < -0.39 is 0 Å². The number of ether oxygens (including phenoxy) is 1. The maximum atomic E-state index is 11.9. The van der Waals surface area contributed by atoms with Gasteiger partial charge in [-0.25, -0.2) is 4.79 Å². The Morgan fingerprint density at radius 3 is 2.27 bits per heavy atom. The summed E-state index contributed by atoms with van der Waals surface area (Å²) < 4.78 is 5.26. The second-order valence-corrected chi connectivity index (χ2v) is 5.14. The number of hydrogen-bond acceptors (Lipinski definition) is 4. The summed E-state index contributed by atoms with van der Waals surface area (Å²) in [7, 11) is 0. The lowest BCUT2D eigenvalue weighted by Crippen LogP contribution is -2.39. The van der Waals surface area contributed by atoms with Crippen LogP contribution in [0, 0.1) is 0 Å². The van der Waals surface area contributed by atoms with Gasteiger partial charge in [0, 0.05) is 6.04 Å². The van der Waals surface area contributed by atoms with Crippen molar-refractivity contribution in [3.63, 3.8) is 0 Å². The molecule has 0 aliphatic rings. The highest BCUT2D eigenvalue weighted by molar-refractivity contribution is 5.89. The van der Waals surface area contributed by atoms with Crippen molar-refractivity contribution in [1.82, 2.24) is 5.32 Å². The fourth-order valence-corrected chi connectivity index (χ4v) is 2.18.